The molecule has 0 saturated heterocycles. The van der Waals surface area contributed by atoms with Crippen molar-refractivity contribution in [2.75, 3.05) is 23.7 Å². The molecule has 0 spiro atoms. The second kappa shape index (κ2) is 5.34. The minimum atomic E-state index is 0.645. The molecule has 0 aromatic carbocycles. The predicted octanol–water partition coefficient (Wildman–Crippen LogP) is 2.25. The van der Waals surface area contributed by atoms with Crippen LogP contribution in [0.25, 0.3) is 0 Å². The van der Waals surface area contributed by atoms with Gasteiger partial charge in [0.15, 0.2) is 0 Å². The molecule has 4 heteroatoms. The maximum atomic E-state index is 5.97. The van der Waals surface area contributed by atoms with Gasteiger partial charge in [-0.15, -0.1) is 0 Å². The molecule has 1 aliphatic carbocycles. The minimum Gasteiger partial charge on any atom is -0.383 e. The van der Waals surface area contributed by atoms with Gasteiger partial charge in [0, 0.05) is 18.7 Å². The van der Waals surface area contributed by atoms with Crippen molar-refractivity contribution in [2.24, 2.45) is 5.92 Å². The first-order valence-electron chi connectivity index (χ1n) is 6.60. The van der Waals surface area contributed by atoms with Crippen LogP contribution in [0.15, 0.2) is 6.33 Å². The number of anilines is 2. The van der Waals surface area contributed by atoms with Gasteiger partial charge in [-0.05, 0) is 32.1 Å². The van der Waals surface area contributed by atoms with Crippen molar-refractivity contribution >= 4 is 11.6 Å². The maximum absolute atomic E-state index is 5.97. The molecular weight excluding hydrogens is 212 g/mol. The van der Waals surface area contributed by atoms with Crippen molar-refractivity contribution in [3.63, 3.8) is 0 Å². The highest BCUT2D eigenvalue weighted by atomic mass is 15.2. The Morgan fingerprint density at radius 2 is 2.12 bits per heavy atom. The van der Waals surface area contributed by atoms with Crippen LogP contribution in [0, 0.1) is 5.92 Å². The Labute approximate surface area is 103 Å². The molecule has 17 heavy (non-hydrogen) atoms. The van der Waals surface area contributed by atoms with E-state index in [2.05, 4.69) is 28.7 Å². The monoisotopic (exact) mass is 234 g/mol. The lowest BCUT2D eigenvalue weighted by Crippen LogP contribution is -2.28. The molecule has 1 saturated carbocycles. The highest BCUT2D eigenvalue weighted by molar-refractivity contribution is 5.56. The van der Waals surface area contributed by atoms with Gasteiger partial charge in [0.25, 0.3) is 0 Å². The van der Waals surface area contributed by atoms with Crippen molar-refractivity contribution in [3.05, 3.63) is 11.9 Å². The van der Waals surface area contributed by atoms with Crippen molar-refractivity contribution in [2.45, 2.75) is 39.5 Å². The first-order chi connectivity index (χ1) is 8.26. The summed E-state index contributed by atoms with van der Waals surface area (Å²) in [5.41, 5.74) is 7.09. The van der Waals surface area contributed by atoms with E-state index < -0.39 is 0 Å². The molecule has 1 fully saturated rings. The highest BCUT2D eigenvalue weighted by Crippen LogP contribution is 2.32. The molecule has 0 aliphatic heterocycles. The summed E-state index contributed by atoms with van der Waals surface area (Å²) in [7, 11) is 0. The maximum Gasteiger partial charge on any atom is 0.137 e. The Balaban J connectivity index is 2.23. The van der Waals surface area contributed by atoms with Gasteiger partial charge in [-0.3, -0.25) is 0 Å². The number of nitrogens with two attached hydrogens (primary N) is 1. The third kappa shape index (κ3) is 2.87. The normalized spacial score (nSPS) is 14.9. The van der Waals surface area contributed by atoms with E-state index in [1.807, 2.05) is 0 Å². The molecule has 2 N–H and O–H groups in total. The number of aromatic nitrogens is 2. The van der Waals surface area contributed by atoms with E-state index in [1.54, 1.807) is 6.33 Å². The molecule has 1 aromatic heterocycles. The van der Waals surface area contributed by atoms with E-state index in [-0.39, 0.29) is 0 Å². The second-order valence-corrected chi connectivity index (χ2v) is 4.79. The Bertz CT molecular complexity index is 374. The molecule has 0 radical (unpaired) electrons. The van der Waals surface area contributed by atoms with Crippen LogP contribution in [0.2, 0.25) is 0 Å². The van der Waals surface area contributed by atoms with Crippen LogP contribution < -0.4 is 10.6 Å². The summed E-state index contributed by atoms with van der Waals surface area (Å²) in [5, 5.41) is 0. The van der Waals surface area contributed by atoms with Gasteiger partial charge in [0.1, 0.15) is 18.0 Å². The first kappa shape index (κ1) is 12.1. The van der Waals surface area contributed by atoms with Crippen molar-refractivity contribution in [1.29, 1.82) is 0 Å². The number of nitrogen functional groups attached to an aromatic ring is 1. The molecule has 4 nitrogen and oxygen atoms in total. The average molecular weight is 234 g/mol. The Kier molecular flexibility index (Phi) is 3.82. The topological polar surface area (TPSA) is 55.0 Å². The van der Waals surface area contributed by atoms with Gasteiger partial charge in [-0.25, -0.2) is 9.97 Å². The summed E-state index contributed by atoms with van der Waals surface area (Å²) in [6.07, 6.45) is 6.34. The van der Waals surface area contributed by atoms with E-state index in [9.17, 15) is 0 Å². The number of hydrogen-bond donors (Lipinski definition) is 1. The summed E-state index contributed by atoms with van der Waals surface area (Å²) in [5.74, 6) is 2.56. The summed E-state index contributed by atoms with van der Waals surface area (Å²) in [4.78, 5) is 10.9. The van der Waals surface area contributed by atoms with E-state index >= 15 is 0 Å². The Hall–Kier alpha value is -1.32. The quantitative estimate of drug-likeness (QED) is 0.820. The number of hydrogen-bond acceptors (Lipinski definition) is 4. The fourth-order valence-electron chi connectivity index (χ4n) is 2.16. The van der Waals surface area contributed by atoms with E-state index in [0.29, 0.717) is 5.82 Å². The van der Waals surface area contributed by atoms with Crippen LogP contribution in [0.5, 0.6) is 0 Å². The molecule has 0 amide bonds. The molecule has 1 aromatic rings. The van der Waals surface area contributed by atoms with Crippen LogP contribution in [0.4, 0.5) is 11.6 Å². The van der Waals surface area contributed by atoms with Gasteiger partial charge < -0.3 is 10.6 Å². The zero-order valence-corrected chi connectivity index (χ0v) is 10.8. The number of nitrogens with zero attached hydrogens (tertiary/aromatic N) is 3. The lowest BCUT2D eigenvalue weighted by Gasteiger charge is -2.24. The zero-order valence-electron chi connectivity index (χ0n) is 10.8. The van der Waals surface area contributed by atoms with Crippen LogP contribution in [0.1, 0.15) is 38.7 Å². The largest absolute Gasteiger partial charge is 0.383 e. The number of rotatable bonds is 6. The van der Waals surface area contributed by atoms with Crippen LogP contribution in [0.3, 0.4) is 0 Å². The average Bonchev–Trinajstić information content (AvgIpc) is 3.13. The summed E-state index contributed by atoms with van der Waals surface area (Å²) < 4.78 is 0. The standard InChI is InChI=1S/C13H22N4/c1-3-5-11-12(14)15-9-16-13(11)17(4-2)8-10-6-7-10/h9-10H,3-8H2,1-2H3,(H2,14,15,16). The molecule has 1 heterocycles. The molecule has 0 bridgehead atoms. The van der Waals surface area contributed by atoms with Gasteiger partial charge >= 0.3 is 0 Å². The predicted molar refractivity (Wildman–Crippen MR) is 71.1 cm³/mol. The van der Waals surface area contributed by atoms with Gasteiger partial charge in [0.05, 0.1) is 0 Å². The van der Waals surface area contributed by atoms with Gasteiger partial charge in [0.2, 0.25) is 0 Å². The van der Waals surface area contributed by atoms with Crippen molar-refractivity contribution in [1.82, 2.24) is 9.97 Å². The zero-order chi connectivity index (χ0) is 12.3. The smallest absolute Gasteiger partial charge is 0.137 e. The first-order valence-corrected chi connectivity index (χ1v) is 6.60. The van der Waals surface area contributed by atoms with E-state index in [1.165, 1.54) is 12.8 Å². The van der Waals surface area contributed by atoms with Gasteiger partial charge in [-0.1, -0.05) is 13.3 Å². The van der Waals surface area contributed by atoms with E-state index in [0.717, 1.165) is 43.2 Å². The Morgan fingerprint density at radius 3 is 2.71 bits per heavy atom. The molecular formula is C13H22N4. The molecule has 0 atom stereocenters. The molecule has 0 unspecified atom stereocenters. The van der Waals surface area contributed by atoms with Crippen LogP contribution in [-0.2, 0) is 6.42 Å². The highest BCUT2D eigenvalue weighted by Gasteiger charge is 2.25. The van der Waals surface area contributed by atoms with Gasteiger partial charge in [-0.2, -0.15) is 0 Å². The van der Waals surface area contributed by atoms with E-state index in [4.69, 9.17) is 5.73 Å². The fraction of sp³-hybridized carbons (Fsp3) is 0.692. The summed E-state index contributed by atoms with van der Waals surface area (Å²) in [6.45, 7) is 6.44. The summed E-state index contributed by atoms with van der Waals surface area (Å²) in [6, 6.07) is 0. The molecule has 94 valence electrons. The Morgan fingerprint density at radius 1 is 1.35 bits per heavy atom. The lowest BCUT2D eigenvalue weighted by atomic mass is 10.1. The SMILES string of the molecule is CCCc1c(N)ncnc1N(CC)CC1CC1. The fourth-order valence-corrected chi connectivity index (χ4v) is 2.16. The summed E-state index contributed by atoms with van der Waals surface area (Å²) >= 11 is 0. The minimum absolute atomic E-state index is 0.645. The third-order valence-electron chi connectivity index (χ3n) is 3.31. The third-order valence-corrected chi connectivity index (χ3v) is 3.31. The van der Waals surface area contributed by atoms with Crippen LogP contribution >= 0.6 is 0 Å². The molecule has 1 aliphatic rings. The lowest BCUT2D eigenvalue weighted by molar-refractivity contribution is 0.722. The van der Waals surface area contributed by atoms with Crippen molar-refractivity contribution < 1.29 is 0 Å². The van der Waals surface area contributed by atoms with Crippen molar-refractivity contribution in [3.8, 4) is 0 Å². The second-order valence-electron chi connectivity index (χ2n) is 4.79. The van der Waals surface area contributed by atoms with Crippen LogP contribution in [-0.4, -0.2) is 23.1 Å². The molecule has 2 rings (SSSR count).